The molecule has 51 heavy (non-hydrogen) atoms. The number of nitrogens with zero attached hydrogens (tertiary/aromatic N) is 1. The molecular formula is C36H59N7O6S2. The van der Waals surface area contributed by atoms with Crippen molar-refractivity contribution in [3.8, 4) is 0 Å². The summed E-state index contributed by atoms with van der Waals surface area (Å²) in [4.78, 5) is 69.5. The highest BCUT2D eigenvalue weighted by Crippen LogP contribution is 2.23. The summed E-state index contributed by atoms with van der Waals surface area (Å²) in [5.74, 6) is 0.855. The maximum atomic E-state index is 13.8. The van der Waals surface area contributed by atoms with Crippen LogP contribution in [0, 0.1) is 11.8 Å². The third-order valence-corrected chi connectivity index (χ3v) is 11.3. The average molecular weight is 750 g/mol. The zero-order chi connectivity index (χ0) is 37.2. The number of aromatic nitrogens is 1. The summed E-state index contributed by atoms with van der Waals surface area (Å²) in [6, 6.07) is 4.45. The summed E-state index contributed by atoms with van der Waals surface area (Å²) < 4.78 is 5.52. The molecule has 0 bridgehead atoms. The summed E-state index contributed by atoms with van der Waals surface area (Å²) in [5, 5.41) is 15.1. The van der Waals surface area contributed by atoms with Crippen molar-refractivity contribution in [1.29, 1.82) is 0 Å². The van der Waals surface area contributed by atoms with Crippen LogP contribution in [0.15, 0.2) is 18.2 Å². The number of pyridine rings is 1. The number of nitrogens with one attached hydrogen (secondary N) is 5. The first kappa shape index (κ1) is 42.5. The molecule has 286 valence electrons. The topological polar surface area (TPSA) is 194 Å². The highest BCUT2D eigenvalue weighted by atomic mass is 32.2. The molecule has 2 fully saturated rings. The molecule has 0 aromatic carbocycles. The highest BCUT2D eigenvalue weighted by molar-refractivity contribution is 7.98. The number of rotatable bonds is 21. The molecule has 2 saturated heterocycles. The fourth-order valence-corrected chi connectivity index (χ4v) is 7.77. The minimum Gasteiger partial charge on any atom is -0.381 e. The minimum absolute atomic E-state index is 0.0741. The Morgan fingerprint density at radius 3 is 2.14 bits per heavy atom. The molecule has 0 unspecified atom stereocenters. The summed E-state index contributed by atoms with van der Waals surface area (Å²) in [5.41, 5.74) is 6.24. The predicted molar refractivity (Wildman–Crippen MR) is 203 cm³/mol. The van der Waals surface area contributed by atoms with Gasteiger partial charge in [-0.1, -0.05) is 40.2 Å². The van der Waals surface area contributed by atoms with Gasteiger partial charge in [-0.05, 0) is 56.3 Å². The van der Waals surface area contributed by atoms with Crippen LogP contribution in [0.25, 0.3) is 0 Å². The summed E-state index contributed by atoms with van der Waals surface area (Å²) in [6.45, 7) is 10.1. The fraction of sp³-hybridized carbons (Fsp3) is 0.722. The lowest BCUT2D eigenvalue weighted by molar-refractivity contribution is -0.140. The molecule has 1 aromatic heterocycles. The lowest BCUT2D eigenvalue weighted by Gasteiger charge is -2.38. The Hall–Kier alpha value is -2.88. The number of thioether (sulfide) groups is 2. The molecule has 2 aliphatic heterocycles. The molecule has 3 rings (SSSR count). The Morgan fingerprint density at radius 2 is 1.57 bits per heavy atom. The Labute approximate surface area is 311 Å². The van der Waals surface area contributed by atoms with Gasteiger partial charge in [-0.25, -0.2) is 0 Å². The van der Waals surface area contributed by atoms with Gasteiger partial charge in [0.2, 0.25) is 29.5 Å². The van der Waals surface area contributed by atoms with E-state index in [-0.39, 0.29) is 49.0 Å². The second-order valence-corrected chi connectivity index (χ2v) is 16.2. The van der Waals surface area contributed by atoms with Crippen molar-refractivity contribution in [1.82, 2.24) is 31.6 Å². The van der Waals surface area contributed by atoms with E-state index in [0.29, 0.717) is 44.0 Å². The van der Waals surface area contributed by atoms with E-state index < -0.39 is 35.3 Å². The Bertz CT molecular complexity index is 1290. The number of hydrogen-bond acceptors (Lipinski definition) is 10. The predicted octanol–water partition coefficient (Wildman–Crippen LogP) is 2.41. The molecule has 0 aliphatic carbocycles. The normalized spacial score (nSPS) is 17.9. The fourth-order valence-electron chi connectivity index (χ4n) is 6.08. The van der Waals surface area contributed by atoms with Gasteiger partial charge < -0.3 is 37.1 Å². The highest BCUT2D eigenvalue weighted by Gasteiger charge is 2.43. The first-order valence-corrected chi connectivity index (χ1v) is 20.6. The number of primary amides is 1. The van der Waals surface area contributed by atoms with Crippen molar-refractivity contribution < 1.29 is 28.7 Å². The molecule has 0 saturated carbocycles. The molecule has 1 aromatic rings. The summed E-state index contributed by atoms with van der Waals surface area (Å²) >= 11 is 3.28. The van der Waals surface area contributed by atoms with Gasteiger partial charge in [-0.3, -0.25) is 29.0 Å². The maximum Gasteiger partial charge on any atom is 0.246 e. The van der Waals surface area contributed by atoms with Gasteiger partial charge in [0.15, 0.2) is 0 Å². The third-order valence-electron chi connectivity index (χ3n) is 9.32. The molecular weight excluding hydrogens is 691 g/mol. The zero-order valence-corrected chi connectivity index (χ0v) is 32.4. The van der Waals surface area contributed by atoms with Crippen molar-refractivity contribution in [2.24, 2.45) is 17.6 Å². The van der Waals surface area contributed by atoms with E-state index in [1.54, 1.807) is 23.5 Å². The number of hydrogen-bond donors (Lipinski definition) is 6. The van der Waals surface area contributed by atoms with Crippen molar-refractivity contribution in [3.05, 3.63) is 29.6 Å². The Kier molecular flexibility index (Phi) is 18.6. The van der Waals surface area contributed by atoms with Gasteiger partial charge in [0.1, 0.15) is 17.6 Å². The number of nitrogens with two attached hydrogens (primary N) is 1. The number of carbonyl (C=O) groups is 5. The SMILES string of the molecule is CC[C@H](C)[C@H](NC(=O)[C@H](CC(C)C)NC(=O)C1(NC(=O)CCSCc2cccc(CSCCC(=O)NC3CCNCC3)n2)CCOCC1)C(N)=O. The van der Waals surface area contributed by atoms with E-state index in [4.69, 9.17) is 15.5 Å². The minimum atomic E-state index is -1.21. The van der Waals surface area contributed by atoms with Crippen molar-refractivity contribution in [2.45, 2.75) is 114 Å². The van der Waals surface area contributed by atoms with Crippen molar-refractivity contribution >= 4 is 53.1 Å². The largest absolute Gasteiger partial charge is 0.381 e. The second kappa shape index (κ2) is 22.2. The number of piperidine rings is 1. The van der Waals surface area contributed by atoms with Gasteiger partial charge >= 0.3 is 0 Å². The van der Waals surface area contributed by atoms with E-state index in [1.165, 1.54) is 0 Å². The Balaban J connectivity index is 1.47. The zero-order valence-electron chi connectivity index (χ0n) is 30.7. The van der Waals surface area contributed by atoms with Crippen LogP contribution < -0.4 is 32.3 Å². The van der Waals surface area contributed by atoms with Crippen molar-refractivity contribution in [2.75, 3.05) is 37.8 Å². The molecule has 0 spiro atoms. The van der Waals surface area contributed by atoms with Crippen LogP contribution in [0.2, 0.25) is 0 Å². The monoisotopic (exact) mass is 749 g/mol. The summed E-state index contributed by atoms with van der Waals surface area (Å²) in [6.07, 6.45) is 4.21. The van der Waals surface area contributed by atoms with Crippen LogP contribution in [0.4, 0.5) is 0 Å². The van der Waals surface area contributed by atoms with Crippen LogP contribution in [0.3, 0.4) is 0 Å². The quantitative estimate of drug-likeness (QED) is 0.102. The van der Waals surface area contributed by atoms with Gasteiger partial charge in [0, 0.05) is 68.0 Å². The van der Waals surface area contributed by atoms with Gasteiger partial charge in [0.25, 0.3) is 0 Å². The number of amides is 5. The van der Waals surface area contributed by atoms with Crippen LogP contribution >= 0.6 is 23.5 Å². The first-order chi connectivity index (χ1) is 24.4. The van der Waals surface area contributed by atoms with Crippen LogP contribution in [-0.2, 0) is 40.2 Å². The Morgan fingerprint density at radius 1 is 0.961 bits per heavy atom. The molecule has 7 N–H and O–H groups in total. The van der Waals surface area contributed by atoms with Gasteiger partial charge in [0.05, 0.1) is 11.4 Å². The van der Waals surface area contributed by atoms with Crippen molar-refractivity contribution in [3.63, 3.8) is 0 Å². The lowest BCUT2D eigenvalue weighted by atomic mass is 9.87. The second-order valence-electron chi connectivity index (χ2n) is 14.0. The van der Waals surface area contributed by atoms with Crippen LogP contribution in [0.1, 0.15) is 90.4 Å². The maximum absolute atomic E-state index is 13.8. The number of ether oxygens (including phenoxy) is 1. The lowest BCUT2D eigenvalue weighted by Crippen LogP contribution is -2.64. The average Bonchev–Trinajstić information content (AvgIpc) is 3.11. The van der Waals surface area contributed by atoms with E-state index in [0.717, 1.165) is 48.8 Å². The van der Waals surface area contributed by atoms with Crippen LogP contribution in [-0.4, -0.2) is 96.0 Å². The third kappa shape index (κ3) is 14.9. The molecule has 13 nitrogen and oxygen atoms in total. The smallest absolute Gasteiger partial charge is 0.246 e. The summed E-state index contributed by atoms with van der Waals surface area (Å²) in [7, 11) is 0. The van der Waals surface area contributed by atoms with Gasteiger partial charge in [-0.15, -0.1) is 0 Å². The van der Waals surface area contributed by atoms with E-state index in [1.807, 2.05) is 45.9 Å². The molecule has 15 heteroatoms. The molecule has 2 aliphatic rings. The molecule has 0 radical (unpaired) electrons. The van der Waals surface area contributed by atoms with E-state index in [9.17, 15) is 24.0 Å². The van der Waals surface area contributed by atoms with Crippen LogP contribution in [0.5, 0.6) is 0 Å². The number of carbonyl (C=O) groups excluding carboxylic acids is 5. The van der Waals surface area contributed by atoms with E-state index >= 15 is 0 Å². The first-order valence-electron chi connectivity index (χ1n) is 18.3. The van der Waals surface area contributed by atoms with E-state index in [2.05, 4.69) is 26.6 Å². The molecule has 3 heterocycles. The molecule has 5 amide bonds. The molecule has 3 atom stereocenters. The van der Waals surface area contributed by atoms with Gasteiger partial charge in [-0.2, -0.15) is 23.5 Å². The standard InChI is InChI=1S/C36H59N7O6S2/c1-5-25(4)32(33(37)46)42-34(47)29(21-24(2)3)41-35(48)36(13-17-49-18-14-36)43-31(45)12-20-51-23-28-8-6-7-27(39-28)22-50-19-11-30(44)40-26-9-15-38-16-10-26/h6-8,24-26,29,32,38H,5,9-23H2,1-4H3,(H2,37,46)(H,40,44)(H,41,48)(H,42,47)(H,43,45)/t25-,29-,32-/m0/s1.